The van der Waals surface area contributed by atoms with E-state index in [-0.39, 0.29) is 0 Å². The molecule has 0 bridgehead atoms. The lowest BCUT2D eigenvalue weighted by atomic mass is 9.84. The molecule has 1 aromatic rings. The lowest BCUT2D eigenvalue weighted by molar-refractivity contribution is 0.268. The molecule has 2 atom stereocenters. The van der Waals surface area contributed by atoms with Crippen LogP contribution in [0.1, 0.15) is 57.6 Å². The van der Waals surface area contributed by atoms with Gasteiger partial charge in [-0.2, -0.15) is 0 Å². The highest BCUT2D eigenvalue weighted by molar-refractivity contribution is 9.10. The van der Waals surface area contributed by atoms with Crippen molar-refractivity contribution < 1.29 is 0 Å². The van der Waals surface area contributed by atoms with Crippen LogP contribution in [0.3, 0.4) is 0 Å². The zero-order valence-electron chi connectivity index (χ0n) is 11.5. The number of benzene rings is 1. The van der Waals surface area contributed by atoms with Gasteiger partial charge in [0.1, 0.15) is 0 Å². The first kappa shape index (κ1) is 14.1. The molecule has 1 N–H and O–H groups in total. The molecule has 1 aliphatic carbocycles. The minimum absolute atomic E-state index is 0.414. The first-order chi connectivity index (χ1) is 8.68. The van der Waals surface area contributed by atoms with Gasteiger partial charge in [0.15, 0.2) is 0 Å². The summed E-state index contributed by atoms with van der Waals surface area (Å²) in [5, 5.41) is 3.78. The van der Waals surface area contributed by atoms with Gasteiger partial charge < -0.3 is 5.32 Å². The number of hydrogen-bond acceptors (Lipinski definition) is 1. The second-order valence-corrected chi connectivity index (χ2v) is 6.45. The molecule has 1 fully saturated rings. The van der Waals surface area contributed by atoms with Crippen molar-refractivity contribution in [3.05, 3.63) is 34.3 Å². The Hall–Kier alpha value is -0.340. The van der Waals surface area contributed by atoms with Crippen LogP contribution in [0.15, 0.2) is 28.7 Å². The predicted octanol–water partition coefficient (Wildman–Crippen LogP) is 5.07. The van der Waals surface area contributed by atoms with Crippen molar-refractivity contribution in [2.45, 2.75) is 58.0 Å². The fraction of sp³-hybridized carbons (Fsp3) is 0.625. The number of hydrogen-bond donors (Lipinski definition) is 1. The van der Waals surface area contributed by atoms with Gasteiger partial charge in [-0.25, -0.2) is 0 Å². The molecule has 100 valence electrons. The molecule has 2 rings (SSSR count). The van der Waals surface area contributed by atoms with Gasteiger partial charge >= 0.3 is 0 Å². The molecule has 1 aromatic carbocycles. The second kappa shape index (κ2) is 6.72. The van der Waals surface area contributed by atoms with E-state index in [1.165, 1.54) is 42.1 Å². The number of rotatable bonds is 4. The SMILES string of the molecule is CC(N[C@@H](C)c1ccccc1Br)C1CCCCC1. The summed E-state index contributed by atoms with van der Waals surface area (Å²) in [5.74, 6) is 0.865. The first-order valence-electron chi connectivity index (χ1n) is 7.19. The van der Waals surface area contributed by atoms with Crippen LogP contribution in [0.4, 0.5) is 0 Å². The average molecular weight is 310 g/mol. The third kappa shape index (κ3) is 3.58. The quantitative estimate of drug-likeness (QED) is 0.819. The van der Waals surface area contributed by atoms with Crippen molar-refractivity contribution >= 4 is 15.9 Å². The van der Waals surface area contributed by atoms with E-state index in [9.17, 15) is 0 Å². The minimum atomic E-state index is 0.414. The standard InChI is InChI=1S/C16H24BrN/c1-12(14-8-4-3-5-9-14)18-13(2)15-10-6-7-11-16(15)17/h6-7,10-14,18H,3-5,8-9H2,1-2H3/t12?,13-/m0/s1. The Kier molecular flexibility index (Phi) is 5.25. The zero-order chi connectivity index (χ0) is 13.0. The molecule has 1 aliphatic rings. The van der Waals surface area contributed by atoms with Gasteiger partial charge in [0.25, 0.3) is 0 Å². The molecule has 0 saturated heterocycles. The smallest absolute Gasteiger partial charge is 0.0305 e. The summed E-state index contributed by atoms with van der Waals surface area (Å²) in [6.45, 7) is 4.61. The van der Waals surface area contributed by atoms with E-state index in [1.54, 1.807) is 0 Å². The Labute approximate surface area is 119 Å². The molecule has 1 saturated carbocycles. The fourth-order valence-electron chi connectivity index (χ4n) is 3.08. The Morgan fingerprint density at radius 2 is 1.78 bits per heavy atom. The number of halogens is 1. The number of nitrogens with one attached hydrogen (secondary N) is 1. The topological polar surface area (TPSA) is 12.0 Å². The van der Waals surface area contributed by atoms with E-state index in [0.29, 0.717) is 12.1 Å². The van der Waals surface area contributed by atoms with Crippen molar-refractivity contribution in [2.24, 2.45) is 5.92 Å². The Morgan fingerprint density at radius 1 is 1.11 bits per heavy atom. The summed E-state index contributed by atoms with van der Waals surface area (Å²) in [4.78, 5) is 0. The Bertz CT molecular complexity index is 371. The van der Waals surface area contributed by atoms with Crippen LogP contribution < -0.4 is 5.32 Å². The van der Waals surface area contributed by atoms with E-state index in [0.717, 1.165) is 5.92 Å². The average Bonchev–Trinajstić information content (AvgIpc) is 2.40. The second-order valence-electron chi connectivity index (χ2n) is 5.60. The van der Waals surface area contributed by atoms with Crippen LogP contribution in [-0.4, -0.2) is 6.04 Å². The van der Waals surface area contributed by atoms with Crippen molar-refractivity contribution in [2.75, 3.05) is 0 Å². The molecule has 0 spiro atoms. The Morgan fingerprint density at radius 3 is 2.44 bits per heavy atom. The van der Waals surface area contributed by atoms with Gasteiger partial charge in [-0.15, -0.1) is 0 Å². The van der Waals surface area contributed by atoms with Gasteiger partial charge in [0, 0.05) is 16.6 Å². The van der Waals surface area contributed by atoms with Gasteiger partial charge in [-0.3, -0.25) is 0 Å². The highest BCUT2D eigenvalue weighted by Gasteiger charge is 2.21. The van der Waals surface area contributed by atoms with E-state index in [2.05, 4.69) is 59.4 Å². The summed E-state index contributed by atoms with van der Waals surface area (Å²) in [7, 11) is 0. The zero-order valence-corrected chi connectivity index (χ0v) is 13.0. The molecule has 0 amide bonds. The third-order valence-electron chi connectivity index (χ3n) is 4.24. The van der Waals surface area contributed by atoms with Crippen molar-refractivity contribution in [1.82, 2.24) is 5.32 Å². The van der Waals surface area contributed by atoms with Crippen LogP contribution in [0.25, 0.3) is 0 Å². The highest BCUT2D eigenvalue weighted by atomic mass is 79.9. The van der Waals surface area contributed by atoms with Crippen molar-refractivity contribution in [1.29, 1.82) is 0 Å². The monoisotopic (exact) mass is 309 g/mol. The summed E-state index contributed by atoms with van der Waals surface area (Å²) in [6.07, 6.45) is 7.07. The van der Waals surface area contributed by atoms with E-state index < -0.39 is 0 Å². The van der Waals surface area contributed by atoms with Gasteiger partial charge in [0.2, 0.25) is 0 Å². The molecule has 1 nitrogen and oxygen atoms in total. The molecule has 0 aliphatic heterocycles. The van der Waals surface area contributed by atoms with Crippen LogP contribution in [0, 0.1) is 5.92 Å². The fourth-order valence-corrected chi connectivity index (χ4v) is 3.71. The third-order valence-corrected chi connectivity index (χ3v) is 4.96. The summed E-state index contributed by atoms with van der Waals surface area (Å²) in [6, 6.07) is 9.55. The maximum Gasteiger partial charge on any atom is 0.0305 e. The van der Waals surface area contributed by atoms with Gasteiger partial charge in [0.05, 0.1) is 0 Å². The highest BCUT2D eigenvalue weighted by Crippen LogP contribution is 2.29. The maximum absolute atomic E-state index is 3.78. The molecular weight excluding hydrogens is 286 g/mol. The van der Waals surface area contributed by atoms with Crippen LogP contribution in [0.2, 0.25) is 0 Å². The van der Waals surface area contributed by atoms with Crippen molar-refractivity contribution in [3.63, 3.8) is 0 Å². The lowest BCUT2D eigenvalue weighted by Gasteiger charge is -2.31. The Balaban J connectivity index is 1.94. The molecule has 0 heterocycles. The molecule has 0 radical (unpaired) electrons. The van der Waals surface area contributed by atoms with E-state index in [1.807, 2.05) is 0 Å². The van der Waals surface area contributed by atoms with Crippen LogP contribution >= 0.6 is 15.9 Å². The molecule has 1 unspecified atom stereocenters. The molecular formula is C16H24BrN. The molecule has 2 heteroatoms. The first-order valence-corrected chi connectivity index (χ1v) is 7.98. The molecule has 0 aromatic heterocycles. The maximum atomic E-state index is 3.78. The largest absolute Gasteiger partial charge is 0.307 e. The van der Waals surface area contributed by atoms with Crippen LogP contribution in [-0.2, 0) is 0 Å². The summed E-state index contributed by atoms with van der Waals surface area (Å²) < 4.78 is 1.21. The minimum Gasteiger partial charge on any atom is -0.307 e. The predicted molar refractivity (Wildman–Crippen MR) is 81.7 cm³/mol. The van der Waals surface area contributed by atoms with Gasteiger partial charge in [-0.1, -0.05) is 53.4 Å². The van der Waals surface area contributed by atoms with E-state index in [4.69, 9.17) is 0 Å². The summed E-state index contributed by atoms with van der Waals surface area (Å²) >= 11 is 3.64. The van der Waals surface area contributed by atoms with Crippen molar-refractivity contribution in [3.8, 4) is 0 Å². The normalized spacial score (nSPS) is 20.6. The van der Waals surface area contributed by atoms with Gasteiger partial charge in [-0.05, 0) is 44.2 Å². The summed E-state index contributed by atoms with van der Waals surface area (Å²) in [5.41, 5.74) is 1.36. The lowest BCUT2D eigenvalue weighted by Crippen LogP contribution is -2.36. The molecule has 18 heavy (non-hydrogen) atoms. The van der Waals surface area contributed by atoms with E-state index >= 15 is 0 Å². The van der Waals surface area contributed by atoms with Crippen LogP contribution in [0.5, 0.6) is 0 Å².